The van der Waals surface area contributed by atoms with E-state index in [1.165, 1.54) is 29.4 Å². The first-order valence-electron chi connectivity index (χ1n) is 11.9. The van der Waals surface area contributed by atoms with Crippen molar-refractivity contribution in [3.63, 3.8) is 0 Å². The van der Waals surface area contributed by atoms with Gasteiger partial charge in [0, 0.05) is 18.4 Å². The Bertz CT molecular complexity index is 1470. The first-order valence-corrected chi connectivity index (χ1v) is 11.9. The fourth-order valence-corrected chi connectivity index (χ4v) is 4.60. The Morgan fingerprint density at radius 1 is 1.18 bits per heavy atom. The molecule has 0 amide bonds. The second-order valence-corrected chi connectivity index (χ2v) is 9.05. The number of carboxylic acid groups (broad SMARTS) is 1. The van der Waals surface area contributed by atoms with Crippen LogP contribution in [0.15, 0.2) is 30.9 Å². The summed E-state index contributed by atoms with van der Waals surface area (Å²) >= 11 is 0. The van der Waals surface area contributed by atoms with Crippen LogP contribution in [0.25, 0.3) is 33.9 Å². The van der Waals surface area contributed by atoms with Crippen molar-refractivity contribution in [1.82, 2.24) is 34.7 Å². The largest absolute Gasteiger partial charge is 0.478 e. The third kappa shape index (κ3) is 4.15. The van der Waals surface area contributed by atoms with E-state index >= 15 is 0 Å². The lowest BCUT2D eigenvalue weighted by molar-refractivity contribution is -0.0511. The molecular formula is C23H24N8O7. The number of ether oxygens (including phenoxy) is 2. The SMILES string of the molecule is O=C(O)c1ccc(-c2cn[nH]c2-c2nc(N[C@@H]3CCOC3)c3ncn(C4OC(CO)C(O)C4O)c3n2)nc1. The summed E-state index contributed by atoms with van der Waals surface area (Å²) in [7, 11) is 0. The molecule has 198 valence electrons. The molecule has 2 fully saturated rings. The minimum absolute atomic E-state index is 0.00789. The van der Waals surface area contributed by atoms with Crippen molar-refractivity contribution in [2.75, 3.05) is 25.1 Å². The summed E-state index contributed by atoms with van der Waals surface area (Å²) in [5.41, 5.74) is 2.17. The molecule has 6 N–H and O–H groups in total. The smallest absolute Gasteiger partial charge is 0.337 e. The highest BCUT2D eigenvalue weighted by Gasteiger charge is 2.44. The molecule has 38 heavy (non-hydrogen) atoms. The Kier molecular flexibility index (Phi) is 6.21. The number of hydrogen-bond acceptors (Lipinski definition) is 12. The number of aliphatic hydroxyl groups is 3. The van der Waals surface area contributed by atoms with E-state index in [9.17, 15) is 25.2 Å². The van der Waals surface area contributed by atoms with Crippen LogP contribution < -0.4 is 5.32 Å². The summed E-state index contributed by atoms with van der Waals surface area (Å²) < 4.78 is 12.7. The average Bonchev–Trinajstić information content (AvgIpc) is 3.72. The molecule has 0 bridgehead atoms. The fraction of sp³-hybridized carbons (Fsp3) is 0.391. The zero-order valence-electron chi connectivity index (χ0n) is 19.8. The van der Waals surface area contributed by atoms with Gasteiger partial charge in [-0.05, 0) is 18.6 Å². The predicted octanol–water partition coefficient (Wildman–Crippen LogP) is -0.211. The molecule has 15 nitrogen and oxygen atoms in total. The van der Waals surface area contributed by atoms with Gasteiger partial charge in [-0.15, -0.1) is 0 Å². The van der Waals surface area contributed by atoms with E-state index in [0.717, 1.165) is 6.42 Å². The summed E-state index contributed by atoms with van der Waals surface area (Å²) in [5, 5.41) is 50.0. The van der Waals surface area contributed by atoms with Crippen molar-refractivity contribution in [1.29, 1.82) is 0 Å². The number of H-pyrrole nitrogens is 1. The van der Waals surface area contributed by atoms with Gasteiger partial charge in [0.2, 0.25) is 0 Å². The van der Waals surface area contributed by atoms with Gasteiger partial charge in [-0.2, -0.15) is 5.10 Å². The topological polar surface area (TPSA) is 214 Å². The molecule has 2 aliphatic rings. The number of aromatic carboxylic acids is 1. The summed E-state index contributed by atoms with van der Waals surface area (Å²) in [6, 6.07) is 3.00. The monoisotopic (exact) mass is 524 g/mol. The number of aromatic nitrogens is 7. The zero-order valence-corrected chi connectivity index (χ0v) is 19.8. The second-order valence-electron chi connectivity index (χ2n) is 9.05. The summed E-state index contributed by atoms with van der Waals surface area (Å²) in [6.45, 7) is 0.630. The third-order valence-corrected chi connectivity index (χ3v) is 6.63. The molecule has 15 heteroatoms. The number of nitrogens with one attached hydrogen (secondary N) is 2. The van der Waals surface area contributed by atoms with E-state index in [1.807, 2.05) is 0 Å². The lowest BCUT2D eigenvalue weighted by Crippen LogP contribution is -2.33. The van der Waals surface area contributed by atoms with Crippen LogP contribution in [-0.4, -0.2) is 105 Å². The molecule has 0 aromatic carbocycles. The molecule has 4 unspecified atom stereocenters. The molecule has 6 heterocycles. The lowest BCUT2D eigenvalue weighted by Gasteiger charge is -2.17. The summed E-state index contributed by atoms with van der Waals surface area (Å²) in [4.78, 5) is 29.3. The van der Waals surface area contributed by atoms with E-state index in [1.54, 1.807) is 6.07 Å². The predicted molar refractivity (Wildman–Crippen MR) is 129 cm³/mol. The molecule has 5 atom stereocenters. The van der Waals surface area contributed by atoms with Gasteiger partial charge >= 0.3 is 5.97 Å². The maximum absolute atomic E-state index is 11.2. The van der Waals surface area contributed by atoms with Gasteiger partial charge in [-0.1, -0.05) is 0 Å². The lowest BCUT2D eigenvalue weighted by atomic mass is 10.1. The van der Waals surface area contributed by atoms with Crippen LogP contribution in [0.5, 0.6) is 0 Å². The number of imidazole rings is 1. The molecule has 4 aromatic heterocycles. The van der Waals surface area contributed by atoms with E-state index in [-0.39, 0.29) is 17.4 Å². The molecule has 0 spiro atoms. The Morgan fingerprint density at radius 2 is 2.05 bits per heavy atom. The van der Waals surface area contributed by atoms with E-state index in [2.05, 4.69) is 30.5 Å². The number of pyridine rings is 1. The number of aromatic amines is 1. The number of aliphatic hydroxyl groups excluding tert-OH is 3. The standard InChI is InChI=1S/C23H24N8O7/c32-7-14-17(33)18(34)22(38-14)31-9-25-16-20(27-11-3-4-37-8-11)28-19(29-21(16)31)15-12(6-26-30-15)13-2-1-10(5-24-13)23(35)36/h1-2,5-6,9,11,14,17-18,22,32-34H,3-4,7-8H2,(H,26,30)(H,35,36)(H,27,28,29)/t11-,14?,17?,18?,22?/m1/s1. The van der Waals surface area contributed by atoms with Crippen LogP contribution in [0.3, 0.4) is 0 Å². The molecule has 0 radical (unpaired) electrons. The molecular weight excluding hydrogens is 500 g/mol. The Labute approximate surface area is 214 Å². The summed E-state index contributed by atoms with van der Waals surface area (Å²) in [6.07, 6.45) is 0.337. The van der Waals surface area contributed by atoms with Crippen LogP contribution in [0.4, 0.5) is 5.82 Å². The van der Waals surface area contributed by atoms with Gasteiger partial charge < -0.3 is 35.2 Å². The van der Waals surface area contributed by atoms with Crippen LogP contribution >= 0.6 is 0 Å². The Hall–Kier alpha value is -4.02. The Balaban J connectivity index is 1.46. The fourth-order valence-electron chi connectivity index (χ4n) is 4.60. The van der Waals surface area contributed by atoms with Gasteiger partial charge in [-0.25, -0.2) is 19.7 Å². The number of anilines is 1. The Morgan fingerprint density at radius 3 is 2.74 bits per heavy atom. The molecule has 0 aliphatic carbocycles. The summed E-state index contributed by atoms with van der Waals surface area (Å²) in [5.74, 6) is -0.445. The van der Waals surface area contributed by atoms with Crippen molar-refractivity contribution in [3.05, 3.63) is 36.4 Å². The van der Waals surface area contributed by atoms with Gasteiger partial charge in [0.15, 0.2) is 29.0 Å². The normalized spacial score (nSPS) is 25.3. The number of carboxylic acids is 1. The zero-order chi connectivity index (χ0) is 26.4. The molecule has 0 saturated carbocycles. The maximum Gasteiger partial charge on any atom is 0.337 e. The third-order valence-electron chi connectivity index (χ3n) is 6.63. The first-order chi connectivity index (χ1) is 18.4. The van der Waals surface area contributed by atoms with Crippen molar-refractivity contribution in [2.45, 2.75) is 37.0 Å². The number of carbonyl (C=O) groups is 1. The van der Waals surface area contributed by atoms with Crippen molar-refractivity contribution in [2.24, 2.45) is 0 Å². The minimum Gasteiger partial charge on any atom is -0.478 e. The second kappa shape index (κ2) is 9.70. The van der Waals surface area contributed by atoms with Gasteiger partial charge in [0.05, 0.1) is 43.0 Å². The highest BCUT2D eigenvalue weighted by molar-refractivity contribution is 5.89. The number of fused-ring (bicyclic) bond motifs is 1. The number of nitrogens with zero attached hydrogens (tertiary/aromatic N) is 6. The number of hydrogen-bond donors (Lipinski definition) is 6. The molecule has 2 saturated heterocycles. The average molecular weight is 524 g/mol. The molecule has 2 aliphatic heterocycles. The van der Waals surface area contributed by atoms with E-state index < -0.39 is 37.1 Å². The maximum atomic E-state index is 11.2. The number of rotatable bonds is 7. The quantitative estimate of drug-likeness (QED) is 0.185. The van der Waals surface area contributed by atoms with Crippen LogP contribution in [0.2, 0.25) is 0 Å². The van der Waals surface area contributed by atoms with Crippen molar-refractivity contribution >= 4 is 23.0 Å². The van der Waals surface area contributed by atoms with Crippen molar-refractivity contribution in [3.8, 4) is 22.8 Å². The van der Waals surface area contributed by atoms with Crippen LogP contribution in [0.1, 0.15) is 23.0 Å². The van der Waals surface area contributed by atoms with Crippen LogP contribution in [-0.2, 0) is 9.47 Å². The van der Waals surface area contributed by atoms with Crippen molar-refractivity contribution < 1.29 is 34.7 Å². The van der Waals surface area contributed by atoms with E-state index in [4.69, 9.17) is 14.5 Å². The first kappa shape index (κ1) is 24.3. The van der Waals surface area contributed by atoms with Gasteiger partial charge in [0.25, 0.3) is 0 Å². The minimum atomic E-state index is -1.33. The van der Waals surface area contributed by atoms with E-state index in [0.29, 0.717) is 47.1 Å². The molecule has 6 rings (SSSR count). The van der Waals surface area contributed by atoms with Gasteiger partial charge in [0.1, 0.15) is 24.0 Å². The van der Waals surface area contributed by atoms with Gasteiger partial charge in [-0.3, -0.25) is 14.6 Å². The molecule has 4 aromatic rings. The highest BCUT2D eigenvalue weighted by Crippen LogP contribution is 2.35. The van der Waals surface area contributed by atoms with Crippen LogP contribution in [0, 0.1) is 0 Å². The highest BCUT2D eigenvalue weighted by atomic mass is 16.6.